The Balaban J connectivity index is 3.06. The van der Waals surface area contributed by atoms with E-state index in [9.17, 15) is 4.79 Å². The highest BCUT2D eigenvalue weighted by Gasteiger charge is 2.31. The molecule has 18 heavy (non-hydrogen) atoms. The SMILES string of the molecule is C=CN=C1/C(=C\C)C(Br)=CN1C(=O)OC(C)(C)C. The van der Waals surface area contributed by atoms with Gasteiger partial charge in [0.05, 0.1) is 0 Å². The molecule has 1 amide bonds. The van der Waals surface area contributed by atoms with Gasteiger partial charge in [0.1, 0.15) is 11.4 Å². The van der Waals surface area contributed by atoms with Crippen molar-refractivity contribution in [2.75, 3.05) is 0 Å². The van der Waals surface area contributed by atoms with E-state index in [1.807, 2.05) is 33.8 Å². The van der Waals surface area contributed by atoms with Crippen LogP contribution in [0.4, 0.5) is 4.79 Å². The van der Waals surface area contributed by atoms with Crippen LogP contribution < -0.4 is 0 Å². The molecule has 0 aromatic carbocycles. The van der Waals surface area contributed by atoms with Crippen molar-refractivity contribution < 1.29 is 9.53 Å². The molecule has 0 atom stereocenters. The number of amidine groups is 1. The van der Waals surface area contributed by atoms with Gasteiger partial charge in [0.2, 0.25) is 0 Å². The number of carbonyl (C=O) groups excluding carboxylic acids is 1. The van der Waals surface area contributed by atoms with Crippen LogP contribution in [0.5, 0.6) is 0 Å². The Hall–Kier alpha value is -1.36. The summed E-state index contributed by atoms with van der Waals surface area (Å²) in [4.78, 5) is 17.5. The summed E-state index contributed by atoms with van der Waals surface area (Å²) in [6.45, 7) is 10.9. The van der Waals surface area contributed by atoms with Crippen LogP contribution in [0.25, 0.3) is 0 Å². The lowest BCUT2D eigenvalue weighted by atomic mass is 10.2. The largest absolute Gasteiger partial charge is 0.443 e. The van der Waals surface area contributed by atoms with Crippen molar-refractivity contribution in [3.63, 3.8) is 0 Å². The molecule has 0 N–H and O–H groups in total. The molecule has 0 aromatic rings. The minimum Gasteiger partial charge on any atom is -0.443 e. The van der Waals surface area contributed by atoms with Gasteiger partial charge in [-0.3, -0.25) is 0 Å². The molecule has 98 valence electrons. The van der Waals surface area contributed by atoms with Crippen molar-refractivity contribution in [2.24, 2.45) is 4.99 Å². The molecule has 1 aliphatic rings. The standard InChI is InChI=1S/C13H17BrN2O2/c1-6-9-10(14)8-16(11(9)15-7-2)12(17)18-13(3,4)5/h6-8H,2H2,1,3-5H3/b9-6-,15-11?. The Labute approximate surface area is 116 Å². The molecule has 0 saturated carbocycles. The fraction of sp³-hybridized carbons (Fsp3) is 0.385. The maximum absolute atomic E-state index is 12.0. The highest BCUT2D eigenvalue weighted by atomic mass is 79.9. The first kappa shape index (κ1) is 14.7. The van der Waals surface area contributed by atoms with Crippen molar-refractivity contribution in [1.82, 2.24) is 4.90 Å². The van der Waals surface area contributed by atoms with Gasteiger partial charge in [0, 0.05) is 22.5 Å². The van der Waals surface area contributed by atoms with Gasteiger partial charge in [-0.1, -0.05) is 12.7 Å². The average molecular weight is 313 g/mol. The number of hydrogen-bond donors (Lipinski definition) is 0. The van der Waals surface area contributed by atoms with Crippen molar-refractivity contribution in [3.8, 4) is 0 Å². The number of hydrogen-bond acceptors (Lipinski definition) is 3. The van der Waals surface area contributed by atoms with Crippen LogP contribution in [0.2, 0.25) is 0 Å². The summed E-state index contributed by atoms with van der Waals surface area (Å²) < 4.78 is 6.11. The fourth-order valence-electron chi connectivity index (χ4n) is 1.42. The number of nitrogens with zero attached hydrogens (tertiary/aromatic N) is 2. The van der Waals surface area contributed by atoms with Crippen molar-refractivity contribution in [3.05, 3.63) is 35.1 Å². The molecular weight excluding hydrogens is 296 g/mol. The fourth-order valence-corrected chi connectivity index (χ4v) is 2.03. The molecule has 0 unspecified atom stereocenters. The monoisotopic (exact) mass is 312 g/mol. The second-order valence-electron chi connectivity index (χ2n) is 4.67. The molecule has 4 nitrogen and oxygen atoms in total. The second kappa shape index (κ2) is 5.52. The zero-order valence-corrected chi connectivity index (χ0v) is 12.6. The lowest BCUT2D eigenvalue weighted by Gasteiger charge is -2.23. The Morgan fingerprint density at radius 3 is 2.61 bits per heavy atom. The summed E-state index contributed by atoms with van der Waals surface area (Å²) >= 11 is 3.39. The van der Waals surface area contributed by atoms with Gasteiger partial charge in [-0.2, -0.15) is 0 Å². The number of allylic oxidation sites excluding steroid dienone is 1. The van der Waals surface area contributed by atoms with Gasteiger partial charge in [0.25, 0.3) is 0 Å². The number of ether oxygens (including phenoxy) is 1. The molecular formula is C13H17BrN2O2. The van der Waals surface area contributed by atoms with E-state index in [-0.39, 0.29) is 0 Å². The number of carbonyl (C=O) groups is 1. The van der Waals surface area contributed by atoms with Crippen LogP contribution in [0, 0.1) is 0 Å². The predicted octanol–water partition coefficient (Wildman–Crippen LogP) is 3.96. The van der Waals surface area contributed by atoms with Crippen LogP contribution in [0.1, 0.15) is 27.7 Å². The predicted molar refractivity (Wildman–Crippen MR) is 76.5 cm³/mol. The van der Waals surface area contributed by atoms with Crippen molar-refractivity contribution in [2.45, 2.75) is 33.3 Å². The minimum atomic E-state index is -0.546. The number of amides is 1. The topological polar surface area (TPSA) is 41.9 Å². The molecule has 1 rings (SSSR count). The average Bonchev–Trinajstić information content (AvgIpc) is 2.53. The van der Waals surface area contributed by atoms with E-state index in [2.05, 4.69) is 27.5 Å². The van der Waals surface area contributed by atoms with Gasteiger partial charge in [-0.15, -0.1) is 0 Å². The highest BCUT2D eigenvalue weighted by Crippen LogP contribution is 2.29. The first-order valence-corrected chi connectivity index (χ1v) is 6.34. The third-order valence-corrected chi connectivity index (χ3v) is 2.69. The quantitative estimate of drug-likeness (QED) is 0.735. The lowest BCUT2D eigenvalue weighted by molar-refractivity contribution is 0.0429. The molecule has 0 radical (unpaired) electrons. The number of aliphatic imine (C=N–C) groups is 1. The maximum atomic E-state index is 12.0. The summed E-state index contributed by atoms with van der Waals surface area (Å²) in [6.07, 6.45) is 4.45. The highest BCUT2D eigenvalue weighted by molar-refractivity contribution is 9.12. The third kappa shape index (κ3) is 3.32. The van der Waals surface area contributed by atoms with E-state index >= 15 is 0 Å². The van der Waals surface area contributed by atoms with Gasteiger partial charge in [0.15, 0.2) is 0 Å². The van der Waals surface area contributed by atoms with Gasteiger partial charge < -0.3 is 4.74 Å². The van der Waals surface area contributed by atoms with Crippen molar-refractivity contribution in [1.29, 1.82) is 0 Å². The zero-order chi connectivity index (χ0) is 13.9. The van der Waals surface area contributed by atoms with E-state index in [4.69, 9.17) is 4.74 Å². The second-order valence-corrected chi connectivity index (χ2v) is 5.52. The number of rotatable bonds is 1. The molecule has 5 heteroatoms. The summed E-state index contributed by atoms with van der Waals surface area (Å²) in [7, 11) is 0. The van der Waals surface area contributed by atoms with Crippen LogP contribution in [0.3, 0.4) is 0 Å². The molecule has 1 aliphatic heterocycles. The molecule has 0 saturated heterocycles. The third-order valence-electron chi connectivity index (χ3n) is 2.06. The summed E-state index contributed by atoms with van der Waals surface area (Å²) in [5.74, 6) is 0.508. The normalized spacial score (nSPS) is 20.3. The molecule has 1 heterocycles. The molecule has 0 bridgehead atoms. The minimum absolute atomic E-state index is 0.461. The van der Waals surface area contributed by atoms with Gasteiger partial charge in [-0.25, -0.2) is 14.7 Å². The first-order valence-electron chi connectivity index (χ1n) is 5.55. The molecule has 0 aliphatic carbocycles. The smallest absolute Gasteiger partial charge is 0.420 e. The van der Waals surface area contributed by atoms with E-state index in [0.717, 1.165) is 10.1 Å². The van der Waals surface area contributed by atoms with E-state index < -0.39 is 11.7 Å². The van der Waals surface area contributed by atoms with Crippen molar-refractivity contribution >= 4 is 27.9 Å². The maximum Gasteiger partial charge on any atom is 0.420 e. The Bertz CT molecular complexity index is 456. The zero-order valence-electron chi connectivity index (χ0n) is 11.0. The first-order chi connectivity index (χ1) is 8.30. The van der Waals surface area contributed by atoms with Gasteiger partial charge in [-0.05, 0) is 43.6 Å². The van der Waals surface area contributed by atoms with Crippen LogP contribution >= 0.6 is 15.9 Å². The molecule has 0 aromatic heterocycles. The number of halogens is 1. The molecule has 0 spiro atoms. The van der Waals surface area contributed by atoms with Crippen LogP contribution in [-0.2, 0) is 4.74 Å². The summed E-state index contributed by atoms with van der Waals surface area (Å²) in [5, 5.41) is 0. The van der Waals surface area contributed by atoms with Crippen LogP contribution in [-0.4, -0.2) is 22.4 Å². The van der Waals surface area contributed by atoms with E-state index in [1.165, 1.54) is 11.1 Å². The summed E-state index contributed by atoms with van der Waals surface area (Å²) in [5.41, 5.74) is 0.288. The van der Waals surface area contributed by atoms with E-state index in [1.54, 1.807) is 6.20 Å². The Morgan fingerprint density at radius 1 is 1.56 bits per heavy atom. The van der Waals surface area contributed by atoms with Gasteiger partial charge >= 0.3 is 6.09 Å². The summed E-state index contributed by atoms with van der Waals surface area (Å²) in [6, 6.07) is 0. The lowest BCUT2D eigenvalue weighted by Crippen LogP contribution is -2.35. The van der Waals surface area contributed by atoms with Crippen LogP contribution in [0.15, 0.2) is 40.1 Å². The van der Waals surface area contributed by atoms with E-state index in [0.29, 0.717) is 5.84 Å². The Kier molecular flexibility index (Phi) is 4.51. The Morgan fingerprint density at radius 2 is 2.17 bits per heavy atom. The molecule has 0 fully saturated rings.